The molecule has 1 saturated heterocycles. The van der Waals surface area contributed by atoms with E-state index in [0.29, 0.717) is 17.7 Å². The normalized spacial score (nSPS) is 18.9. The summed E-state index contributed by atoms with van der Waals surface area (Å²) in [6, 6.07) is 55.8. The first kappa shape index (κ1) is 43.1. The standard InChI is InChI=1S/C53H48FNO8S/c54-44-26-28-45(29-27-44)59-37-49-50(60-34-38-14-4-1-5-15-38)51(61-35-39-16-6-2-7-17-39)52(62-36-40-24-25-41-18-10-11-19-42(41)32-40)53(63-49)58-31-30-43-33-55(48-23-13-12-22-47(43)48)64(56,57)46-20-8-3-9-21-46/h1-29,32-33,49-53H,30-31,34-37H2/t49-,50-,51+,52-,53-/m1/s1. The number of ether oxygens (including phenoxy) is 6. The molecule has 9 nitrogen and oxygen atoms in total. The summed E-state index contributed by atoms with van der Waals surface area (Å²) >= 11 is 0. The lowest BCUT2D eigenvalue weighted by Gasteiger charge is -2.45. The Morgan fingerprint density at radius 3 is 1.88 bits per heavy atom. The van der Waals surface area contributed by atoms with Gasteiger partial charge in [-0.1, -0.05) is 133 Å². The molecule has 326 valence electrons. The Labute approximate surface area is 372 Å². The van der Waals surface area contributed by atoms with Crippen molar-refractivity contribution >= 4 is 31.7 Å². The summed E-state index contributed by atoms with van der Waals surface area (Å²) in [4.78, 5) is 0.194. The second-order valence-electron chi connectivity index (χ2n) is 15.7. The molecule has 1 aliphatic heterocycles. The molecule has 2 heterocycles. The van der Waals surface area contributed by atoms with Crippen molar-refractivity contribution in [2.45, 2.75) is 61.8 Å². The summed E-state index contributed by atoms with van der Waals surface area (Å²) in [5.41, 5.74) is 4.23. The van der Waals surface area contributed by atoms with Gasteiger partial charge in [-0.05, 0) is 88.0 Å². The molecule has 0 aliphatic carbocycles. The molecule has 1 aromatic heterocycles. The summed E-state index contributed by atoms with van der Waals surface area (Å²) in [6.07, 6.45) is -1.95. The number of para-hydroxylation sites is 1. The maximum Gasteiger partial charge on any atom is 0.268 e. The van der Waals surface area contributed by atoms with E-state index in [4.69, 9.17) is 28.4 Å². The fourth-order valence-electron chi connectivity index (χ4n) is 8.08. The molecule has 7 aromatic carbocycles. The van der Waals surface area contributed by atoms with Crippen molar-refractivity contribution in [1.29, 1.82) is 0 Å². The highest BCUT2D eigenvalue weighted by Gasteiger charge is 2.49. The Kier molecular flexibility index (Phi) is 13.5. The van der Waals surface area contributed by atoms with Crippen LogP contribution in [0.25, 0.3) is 21.7 Å². The van der Waals surface area contributed by atoms with Crippen LogP contribution in [0.1, 0.15) is 22.3 Å². The molecular weight excluding hydrogens is 830 g/mol. The van der Waals surface area contributed by atoms with Gasteiger partial charge in [-0.2, -0.15) is 0 Å². The first-order valence-electron chi connectivity index (χ1n) is 21.3. The molecule has 0 bridgehead atoms. The second-order valence-corrected chi connectivity index (χ2v) is 17.5. The van der Waals surface area contributed by atoms with Crippen LogP contribution in [0.15, 0.2) is 193 Å². The highest BCUT2D eigenvalue weighted by Crippen LogP contribution is 2.33. The predicted molar refractivity (Wildman–Crippen MR) is 244 cm³/mol. The van der Waals surface area contributed by atoms with E-state index in [2.05, 4.69) is 24.3 Å². The highest BCUT2D eigenvalue weighted by atomic mass is 32.2. The molecule has 0 N–H and O–H groups in total. The minimum Gasteiger partial charge on any atom is -0.491 e. The van der Waals surface area contributed by atoms with Gasteiger partial charge in [0.05, 0.1) is 36.8 Å². The summed E-state index contributed by atoms with van der Waals surface area (Å²) in [7, 11) is -3.89. The Morgan fingerprint density at radius 1 is 0.562 bits per heavy atom. The van der Waals surface area contributed by atoms with E-state index in [-0.39, 0.29) is 43.7 Å². The topological polar surface area (TPSA) is 94.5 Å². The van der Waals surface area contributed by atoms with E-state index >= 15 is 0 Å². The molecule has 1 aliphatic rings. The first-order chi connectivity index (χ1) is 31.4. The van der Waals surface area contributed by atoms with Crippen molar-refractivity contribution in [3.8, 4) is 5.75 Å². The second kappa shape index (κ2) is 20.1. The monoisotopic (exact) mass is 877 g/mol. The first-order valence-corrected chi connectivity index (χ1v) is 22.8. The SMILES string of the molecule is O=S(=O)(c1ccccc1)n1cc(CCO[C@@H]2O[C@H](COc3ccc(F)cc3)[C@@H](OCc3ccccc3)[C@H](OCc3ccccc3)[C@H]2OCc2ccc3ccccc3c2)c2ccccc21. The Bertz CT molecular complexity index is 2860. The third-order valence-electron chi connectivity index (χ3n) is 11.4. The Hall–Kier alpha value is -6.18. The average molecular weight is 878 g/mol. The van der Waals surface area contributed by atoms with Crippen molar-refractivity contribution in [3.63, 3.8) is 0 Å². The van der Waals surface area contributed by atoms with Crippen LogP contribution in [0.5, 0.6) is 5.75 Å². The van der Waals surface area contributed by atoms with Crippen molar-refractivity contribution < 1.29 is 41.2 Å². The number of fused-ring (bicyclic) bond motifs is 2. The van der Waals surface area contributed by atoms with Crippen molar-refractivity contribution in [3.05, 3.63) is 216 Å². The fraction of sp³-hybridized carbons (Fsp3) is 0.208. The van der Waals surface area contributed by atoms with Crippen LogP contribution in [0.4, 0.5) is 4.39 Å². The zero-order valence-electron chi connectivity index (χ0n) is 35.0. The average Bonchev–Trinajstić information content (AvgIpc) is 3.72. The van der Waals surface area contributed by atoms with Gasteiger partial charge in [0.15, 0.2) is 6.29 Å². The fourth-order valence-corrected chi connectivity index (χ4v) is 9.50. The highest BCUT2D eigenvalue weighted by molar-refractivity contribution is 7.90. The zero-order chi connectivity index (χ0) is 43.7. The van der Waals surface area contributed by atoms with Crippen molar-refractivity contribution in [2.75, 3.05) is 13.2 Å². The maximum atomic E-state index is 13.9. The minimum atomic E-state index is -3.89. The minimum absolute atomic E-state index is 0.0262. The van der Waals surface area contributed by atoms with E-state index < -0.39 is 40.7 Å². The van der Waals surface area contributed by atoms with E-state index in [1.807, 2.05) is 97.1 Å². The number of benzene rings is 7. The molecule has 0 saturated carbocycles. The van der Waals surface area contributed by atoms with Crippen LogP contribution in [0.3, 0.4) is 0 Å². The van der Waals surface area contributed by atoms with Crippen molar-refractivity contribution in [2.24, 2.45) is 0 Å². The van der Waals surface area contributed by atoms with Crippen LogP contribution >= 0.6 is 0 Å². The van der Waals surface area contributed by atoms with Gasteiger partial charge < -0.3 is 28.4 Å². The van der Waals surface area contributed by atoms with Crippen LogP contribution < -0.4 is 4.74 Å². The molecule has 8 aromatic rings. The number of halogens is 1. The molecular formula is C53H48FNO8S. The molecule has 0 unspecified atom stereocenters. The summed E-state index contributed by atoms with van der Waals surface area (Å²) in [5.74, 6) is 0.0860. The maximum absolute atomic E-state index is 13.9. The van der Waals surface area contributed by atoms with E-state index in [0.717, 1.165) is 38.4 Å². The summed E-state index contributed by atoms with van der Waals surface area (Å²) in [6.45, 7) is 0.897. The van der Waals surface area contributed by atoms with Gasteiger partial charge in [0.2, 0.25) is 0 Å². The Balaban J connectivity index is 1.05. The van der Waals surface area contributed by atoms with Gasteiger partial charge in [0, 0.05) is 11.6 Å². The van der Waals surface area contributed by atoms with Gasteiger partial charge in [-0.3, -0.25) is 0 Å². The quantitative estimate of drug-likeness (QED) is 0.0841. The molecule has 11 heteroatoms. The lowest BCUT2D eigenvalue weighted by molar-refractivity contribution is -0.325. The molecule has 0 amide bonds. The third-order valence-corrected chi connectivity index (χ3v) is 13.0. The molecule has 0 radical (unpaired) electrons. The van der Waals surface area contributed by atoms with Gasteiger partial charge in [-0.15, -0.1) is 0 Å². The van der Waals surface area contributed by atoms with Crippen LogP contribution in [0.2, 0.25) is 0 Å². The van der Waals surface area contributed by atoms with Gasteiger partial charge >= 0.3 is 0 Å². The largest absolute Gasteiger partial charge is 0.491 e. The summed E-state index contributed by atoms with van der Waals surface area (Å²) < 4.78 is 83.5. The number of hydrogen-bond acceptors (Lipinski definition) is 8. The van der Waals surface area contributed by atoms with Gasteiger partial charge in [0.1, 0.15) is 42.6 Å². The number of aromatic nitrogens is 1. The number of nitrogens with zero attached hydrogens (tertiary/aromatic N) is 1. The molecule has 9 rings (SSSR count). The van der Waals surface area contributed by atoms with E-state index in [9.17, 15) is 12.8 Å². The smallest absolute Gasteiger partial charge is 0.268 e. The van der Waals surface area contributed by atoms with Crippen LogP contribution in [0, 0.1) is 5.82 Å². The molecule has 0 spiro atoms. The molecule has 1 fully saturated rings. The van der Waals surface area contributed by atoms with E-state index in [1.54, 1.807) is 54.7 Å². The lowest BCUT2D eigenvalue weighted by Crippen LogP contribution is -2.62. The van der Waals surface area contributed by atoms with Gasteiger partial charge in [-0.25, -0.2) is 16.8 Å². The Morgan fingerprint density at radius 2 is 1.16 bits per heavy atom. The third kappa shape index (κ3) is 10.1. The number of rotatable bonds is 18. The van der Waals surface area contributed by atoms with Crippen LogP contribution in [-0.4, -0.2) is 56.3 Å². The molecule has 64 heavy (non-hydrogen) atoms. The van der Waals surface area contributed by atoms with Crippen molar-refractivity contribution in [1.82, 2.24) is 3.97 Å². The zero-order valence-corrected chi connectivity index (χ0v) is 35.8. The summed E-state index contributed by atoms with van der Waals surface area (Å²) in [5, 5.41) is 3.00. The van der Waals surface area contributed by atoms with Crippen LogP contribution in [-0.2, 0) is 59.9 Å². The molecule has 5 atom stereocenters. The predicted octanol–water partition coefficient (Wildman–Crippen LogP) is 10.3. The lowest BCUT2D eigenvalue weighted by atomic mass is 9.97. The number of hydrogen-bond donors (Lipinski definition) is 0. The van der Waals surface area contributed by atoms with Gasteiger partial charge in [0.25, 0.3) is 10.0 Å². The van der Waals surface area contributed by atoms with E-state index in [1.165, 1.54) is 16.1 Å².